The monoisotopic (exact) mass is 297 g/mol. The van der Waals surface area contributed by atoms with Crippen LogP contribution in [0.1, 0.15) is 17.4 Å². The third kappa shape index (κ3) is 2.73. The fourth-order valence-corrected chi connectivity index (χ4v) is 2.14. The summed E-state index contributed by atoms with van der Waals surface area (Å²) in [5, 5.41) is 3.10. The number of rotatable bonds is 4. The van der Waals surface area contributed by atoms with E-state index in [2.05, 4.69) is 31.2 Å². The van der Waals surface area contributed by atoms with Crippen molar-refractivity contribution in [2.75, 3.05) is 7.05 Å². The minimum Gasteiger partial charge on any atom is -0.349 e. The van der Waals surface area contributed by atoms with E-state index in [9.17, 15) is 4.39 Å². The summed E-state index contributed by atoms with van der Waals surface area (Å²) in [6.07, 6.45) is 4.08. The summed E-state index contributed by atoms with van der Waals surface area (Å²) in [5.74, 6) is 0.613. The van der Waals surface area contributed by atoms with Crippen LogP contribution in [-0.2, 0) is 6.42 Å². The van der Waals surface area contributed by atoms with Crippen molar-refractivity contribution >= 4 is 15.9 Å². The Balaban J connectivity index is 2.26. The zero-order chi connectivity index (χ0) is 12.3. The van der Waals surface area contributed by atoms with Crippen LogP contribution in [0.2, 0.25) is 0 Å². The van der Waals surface area contributed by atoms with Crippen LogP contribution in [0.4, 0.5) is 4.39 Å². The van der Waals surface area contributed by atoms with Crippen molar-refractivity contribution in [3.05, 3.63) is 52.3 Å². The zero-order valence-corrected chi connectivity index (χ0v) is 11.0. The third-order valence-corrected chi connectivity index (χ3v) is 3.27. The van der Waals surface area contributed by atoms with Gasteiger partial charge >= 0.3 is 0 Å². The molecule has 0 aliphatic rings. The van der Waals surface area contributed by atoms with Crippen molar-refractivity contribution in [3.8, 4) is 0 Å². The molecular formula is C12H13BrFN3. The first-order valence-electron chi connectivity index (χ1n) is 5.31. The summed E-state index contributed by atoms with van der Waals surface area (Å²) < 4.78 is 14.4. The highest BCUT2D eigenvalue weighted by Gasteiger charge is 2.16. The molecule has 1 heterocycles. The maximum Gasteiger partial charge on any atom is 0.142 e. The van der Waals surface area contributed by atoms with Crippen LogP contribution in [0.3, 0.4) is 0 Å². The van der Waals surface area contributed by atoms with E-state index in [0.29, 0.717) is 16.5 Å². The van der Waals surface area contributed by atoms with Crippen LogP contribution >= 0.6 is 15.9 Å². The van der Waals surface area contributed by atoms with Crippen molar-refractivity contribution in [3.63, 3.8) is 0 Å². The molecule has 0 spiro atoms. The molecule has 0 radical (unpaired) electrons. The molecule has 3 nitrogen and oxygen atoms in total. The lowest BCUT2D eigenvalue weighted by molar-refractivity contribution is 0.524. The second kappa shape index (κ2) is 5.42. The van der Waals surface area contributed by atoms with Gasteiger partial charge in [0.25, 0.3) is 0 Å². The number of hydrogen-bond donors (Lipinski definition) is 2. The molecule has 90 valence electrons. The highest BCUT2D eigenvalue weighted by molar-refractivity contribution is 9.10. The fourth-order valence-electron chi connectivity index (χ4n) is 1.76. The molecule has 1 atom stereocenters. The van der Waals surface area contributed by atoms with Gasteiger partial charge in [0.15, 0.2) is 0 Å². The molecular weight excluding hydrogens is 285 g/mol. The normalized spacial score (nSPS) is 12.6. The summed E-state index contributed by atoms with van der Waals surface area (Å²) in [4.78, 5) is 7.17. The number of nitrogens with zero attached hydrogens (tertiary/aromatic N) is 1. The number of imidazole rings is 1. The first-order valence-corrected chi connectivity index (χ1v) is 6.11. The summed E-state index contributed by atoms with van der Waals surface area (Å²) in [6.45, 7) is 0. The van der Waals surface area contributed by atoms with Gasteiger partial charge in [-0.15, -0.1) is 0 Å². The van der Waals surface area contributed by atoms with Gasteiger partial charge in [0, 0.05) is 30.4 Å². The van der Waals surface area contributed by atoms with E-state index in [-0.39, 0.29) is 11.9 Å². The lowest BCUT2D eigenvalue weighted by atomic mass is 10.0. The second-order valence-corrected chi connectivity index (χ2v) is 4.58. The molecule has 0 saturated heterocycles. The predicted octanol–water partition coefficient (Wildman–Crippen LogP) is 2.81. The molecule has 1 aromatic heterocycles. The van der Waals surface area contributed by atoms with Gasteiger partial charge in [-0.2, -0.15) is 0 Å². The molecule has 0 aliphatic heterocycles. The average Bonchev–Trinajstić information content (AvgIpc) is 2.83. The maximum atomic E-state index is 13.9. The van der Waals surface area contributed by atoms with E-state index in [4.69, 9.17) is 0 Å². The molecule has 2 rings (SSSR count). The quantitative estimate of drug-likeness (QED) is 0.911. The molecule has 17 heavy (non-hydrogen) atoms. The highest BCUT2D eigenvalue weighted by atomic mass is 79.9. The van der Waals surface area contributed by atoms with Gasteiger partial charge in [-0.25, -0.2) is 9.37 Å². The van der Waals surface area contributed by atoms with Crippen molar-refractivity contribution in [1.82, 2.24) is 15.3 Å². The van der Waals surface area contributed by atoms with Crippen LogP contribution in [0, 0.1) is 5.82 Å². The topological polar surface area (TPSA) is 40.7 Å². The van der Waals surface area contributed by atoms with Crippen molar-refractivity contribution in [1.29, 1.82) is 0 Å². The van der Waals surface area contributed by atoms with E-state index in [1.807, 2.05) is 13.1 Å². The first kappa shape index (κ1) is 12.3. The highest BCUT2D eigenvalue weighted by Crippen LogP contribution is 2.25. The number of aromatic nitrogens is 2. The van der Waals surface area contributed by atoms with Crippen LogP contribution in [0.15, 0.2) is 35.1 Å². The molecule has 0 fully saturated rings. The predicted molar refractivity (Wildman–Crippen MR) is 68.2 cm³/mol. The van der Waals surface area contributed by atoms with E-state index in [1.165, 1.54) is 0 Å². The molecule has 0 amide bonds. The first-order chi connectivity index (χ1) is 8.22. The number of likely N-dealkylation sites (N-methyl/N-ethyl adjacent to an activating group) is 1. The SMILES string of the molecule is CNC(Cc1ncc[nH]1)c1cccc(Br)c1F. The molecule has 5 heteroatoms. The molecule has 1 unspecified atom stereocenters. The lowest BCUT2D eigenvalue weighted by Gasteiger charge is -2.16. The summed E-state index contributed by atoms with van der Waals surface area (Å²) in [6, 6.07) is 5.20. The Labute approximate surface area is 108 Å². The lowest BCUT2D eigenvalue weighted by Crippen LogP contribution is -2.20. The molecule has 2 N–H and O–H groups in total. The average molecular weight is 298 g/mol. The van der Waals surface area contributed by atoms with E-state index < -0.39 is 0 Å². The van der Waals surface area contributed by atoms with Gasteiger partial charge in [-0.05, 0) is 29.0 Å². The summed E-state index contributed by atoms with van der Waals surface area (Å²) in [7, 11) is 1.81. The number of aromatic amines is 1. The van der Waals surface area contributed by atoms with Gasteiger partial charge in [0.1, 0.15) is 11.6 Å². The Morgan fingerprint density at radius 1 is 1.53 bits per heavy atom. The van der Waals surface area contributed by atoms with Crippen LogP contribution in [0.5, 0.6) is 0 Å². The van der Waals surface area contributed by atoms with Crippen LogP contribution in [-0.4, -0.2) is 17.0 Å². The maximum absolute atomic E-state index is 13.9. The van der Waals surface area contributed by atoms with Crippen molar-refractivity contribution < 1.29 is 4.39 Å². The molecule has 1 aromatic carbocycles. The van der Waals surface area contributed by atoms with Gasteiger partial charge < -0.3 is 10.3 Å². The summed E-state index contributed by atoms with van der Waals surface area (Å²) >= 11 is 3.20. The van der Waals surface area contributed by atoms with Gasteiger partial charge in [0.2, 0.25) is 0 Å². The largest absolute Gasteiger partial charge is 0.349 e. The minimum absolute atomic E-state index is 0.0985. The Morgan fingerprint density at radius 3 is 3.00 bits per heavy atom. The number of halogens is 2. The summed E-state index contributed by atoms with van der Waals surface area (Å²) in [5.41, 5.74) is 0.637. The second-order valence-electron chi connectivity index (χ2n) is 3.72. The smallest absolute Gasteiger partial charge is 0.142 e. The Hall–Kier alpha value is -1.20. The number of nitrogens with one attached hydrogen (secondary N) is 2. The number of H-pyrrole nitrogens is 1. The van der Waals surface area contributed by atoms with Gasteiger partial charge in [-0.1, -0.05) is 12.1 Å². The third-order valence-electron chi connectivity index (χ3n) is 2.66. The van der Waals surface area contributed by atoms with Crippen LogP contribution in [0.25, 0.3) is 0 Å². The fraction of sp³-hybridized carbons (Fsp3) is 0.250. The van der Waals surface area contributed by atoms with Crippen LogP contribution < -0.4 is 5.32 Å². The number of benzene rings is 1. The molecule has 0 saturated carbocycles. The van der Waals surface area contributed by atoms with E-state index in [1.54, 1.807) is 24.5 Å². The van der Waals surface area contributed by atoms with Crippen molar-refractivity contribution in [2.45, 2.75) is 12.5 Å². The van der Waals surface area contributed by atoms with Crippen molar-refractivity contribution in [2.24, 2.45) is 0 Å². The Morgan fingerprint density at radius 2 is 2.35 bits per heavy atom. The number of hydrogen-bond acceptors (Lipinski definition) is 2. The van der Waals surface area contributed by atoms with Gasteiger partial charge in [-0.3, -0.25) is 0 Å². The minimum atomic E-state index is -0.224. The Bertz CT molecular complexity index is 485. The van der Waals surface area contributed by atoms with Gasteiger partial charge in [0.05, 0.1) is 4.47 Å². The van der Waals surface area contributed by atoms with E-state index in [0.717, 1.165) is 5.82 Å². The Kier molecular flexibility index (Phi) is 3.91. The standard InChI is InChI=1S/C12H13BrFN3/c1-15-10(7-11-16-5-6-17-11)8-3-2-4-9(13)12(8)14/h2-6,10,15H,7H2,1H3,(H,16,17). The molecule has 2 aromatic rings. The van der Waals surface area contributed by atoms with E-state index >= 15 is 0 Å². The molecule has 0 aliphatic carbocycles. The molecule has 0 bridgehead atoms. The zero-order valence-electron chi connectivity index (χ0n) is 9.37.